The smallest absolute Gasteiger partial charge is 0.383 e. The molecule has 2 rings (SSSR count). The molecular weight excluding hydrogens is 289 g/mol. The van der Waals surface area contributed by atoms with Crippen LogP contribution in [0.25, 0.3) is 0 Å². The number of nitrogens with zero attached hydrogens (tertiary/aromatic N) is 2. The quantitative estimate of drug-likeness (QED) is 0.806. The van der Waals surface area contributed by atoms with Crippen LogP contribution < -0.4 is 0 Å². The van der Waals surface area contributed by atoms with E-state index in [0.717, 1.165) is 6.54 Å². The number of hydrogen-bond acceptors (Lipinski definition) is 4. The highest BCUT2D eigenvalue weighted by Gasteiger charge is 2.44. The van der Waals surface area contributed by atoms with E-state index in [1.165, 1.54) is 0 Å². The molecule has 0 spiro atoms. The number of halogens is 3. The van der Waals surface area contributed by atoms with Gasteiger partial charge in [0.05, 0.1) is 6.61 Å². The predicted molar refractivity (Wildman–Crippen MR) is 68.6 cm³/mol. The minimum atomic E-state index is -4.59. The van der Waals surface area contributed by atoms with Crippen LogP contribution in [-0.2, 0) is 9.53 Å². The van der Waals surface area contributed by atoms with Gasteiger partial charge < -0.3 is 19.6 Å². The molecule has 122 valence electrons. The van der Waals surface area contributed by atoms with Gasteiger partial charge in [0.25, 0.3) is 5.91 Å². The molecule has 0 aromatic heterocycles. The van der Waals surface area contributed by atoms with Crippen LogP contribution in [0.15, 0.2) is 0 Å². The van der Waals surface area contributed by atoms with Crippen LogP contribution >= 0.6 is 0 Å². The van der Waals surface area contributed by atoms with Gasteiger partial charge in [0.15, 0.2) is 6.10 Å². The molecule has 2 fully saturated rings. The molecule has 2 unspecified atom stereocenters. The summed E-state index contributed by atoms with van der Waals surface area (Å²) in [7, 11) is 1.90. The zero-order valence-corrected chi connectivity index (χ0v) is 12.0. The normalized spacial score (nSPS) is 27.7. The minimum absolute atomic E-state index is 0.162. The lowest BCUT2D eigenvalue weighted by molar-refractivity contribution is -0.223. The second-order valence-corrected chi connectivity index (χ2v) is 5.77. The van der Waals surface area contributed by atoms with E-state index >= 15 is 0 Å². The molecule has 1 N–H and O–H groups in total. The van der Waals surface area contributed by atoms with Gasteiger partial charge in [-0.05, 0) is 25.8 Å². The lowest BCUT2D eigenvalue weighted by Crippen LogP contribution is -2.52. The number of hydrogen-bond donors (Lipinski definition) is 1. The molecule has 2 atom stereocenters. The molecular formula is C13H21F3N2O3. The fraction of sp³-hybridized carbons (Fsp3) is 0.923. The summed E-state index contributed by atoms with van der Waals surface area (Å²) in [5, 5.41) is 9.26. The number of morpholine rings is 1. The Morgan fingerprint density at radius 3 is 2.43 bits per heavy atom. The summed E-state index contributed by atoms with van der Waals surface area (Å²) >= 11 is 0. The average molecular weight is 310 g/mol. The van der Waals surface area contributed by atoms with Gasteiger partial charge in [-0.2, -0.15) is 13.2 Å². The number of piperidine rings is 1. The van der Waals surface area contributed by atoms with E-state index in [1.807, 2.05) is 11.9 Å². The molecule has 0 aliphatic carbocycles. The second-order valence-electron chi connectivity index (χ2n) is 5.77. The van der Waals surface area contributed by atoms with E-state index in [0.29, 0.717) is 13.2 Å². The Balaban J connectivity index is 1.84. The summed E-state index contributed by atoms with van der Waals surface area (Å²) in [5.74, 6) is -0.995. The van der Waals surface area contributed by atoms with Crippen molar-refractivity contribution in [3.05, 3.63) is 0 Å². The van der Waals surface area contributed by atoms with Crippen LogP contribution in [0.5, 0.6) is 0 Å². The van der Waals surface area contributed by atoms with Gasteiger partial charge in [-0.1, -0.05) is 0 Å². The van der Waals surface area contributed by atoms with Gasteiger partial charge in [0.2, 0.25) is 0 Å². The number of carbonyl (C=O) groups is 1. The lowest BCUT2D eigenvalue weighted by Gasteiger charge is -2.38. The van der Waals surface area contributed by atoms with E-state index < -0.39 is 24.3 Å². The van der Waals surface area contributed by atoms with Crippen LogP contribution in [0.1, 0.15) is 12.8 Å². The summed E-state index contributed by atoms with van der Waals surface area (Å²) < 4.78 is 42.8. The molecule has 2 aliphatic heterocycles. The Hall–Kier alpha value is -0.860. The van der Waals surface area contributed by atoms with E-state index in [2.05, 4.69) is 0 Å². The zero-order valence-electron chi connectivity index (χ0n) is 12.0. The number of rotatable bonds is 2. The van der Waals surface area contributed by atoms with Crippen molar-refractivity contribution in [2.24, 2.45) is 5.92 Å². The molecule has 5 nitrogen and oxygen atoms in total. The molecule has 0 saturated carbocycles. The number of aliphatic hydroxyl groups is 1. The molecule has 21 heavy (non-hydrogen) atoms. The fourth-order valence-electron chi connectivity index (χ4n) is 2.83. The van der Waals surface area contributed by atoms with Crippen molar-refractivity contribution in [1.29, 1.82) is 0 Å². The van der Waals surface area contributed by atoms with E-state index in [9.17, 15) is 23.1 Å². The third kappa shape index (κ3) is 4.08. The summed E-state index contributed by atoms with van der Waals surface area (Å²) in [5.41, 5.74) is 0. The van der Waals surface area contributed by atoms with Crippen molar-refractivity contribution in [2.45, 2.75) is 31.2 Å². The number of alkyl halides is 3. The molecule has 2 heterocycles. The maximum atomic E-state index is 12.5. The van der Waals surface area contributed by atoms with Crippen molar-refractivity contribution in [2.75, 3.05) is 39.8 Å². The average Bonchev–Trinajstić information content (AvgIpc) is 2.45. The molecule has 0 radical (unpaired) electrons. The van der Waals surface area contributed by atoms with Gasteiger partial charge in [0, 0.05) is 26.2 Å². The standard InChI is InChI=1S/C13H21F3N2O3/c1-17-6-7-21-10(8-17)12(20)18-4-2-9(3-5-18)11(19)13(14,15)16/h9-11,19H,2-8H2,1H3. The van der Waals surface area contributed by atoms with Gasteiger partial charge in [0.1, 0.15) is 6.10 Å². The first kappa shape index (κ1) is 16.5. The Bertz CT molecular complexity index is 370. The highest BCUT2D eigenvalue weighted by molar-refractivity contribution is 5.81. The molecule has 8 heteroatoms. The Labute approximate surface area is 121 Å². The van der Waals surface area contributed by atoms with Crippen molar-refractivity contribution in [1.82, 2.24) is 9.80 Å². The van der Waals surface area contributed by atoms with Crippen LogP contribution in [0.3, 0.4) is 0 Å². The largest absolute Gasteiger partial charge is 0.414 e. The van der Waals surface area contributed by atoms with E-state index in [-0.39, 0.29) is 31.8 Å². The molecule has 0 aromatic rings. The van der Waals surface area contributed by atoms with Crippen molar-refractivity contribution in [3.8, 4) is 0 Å². The summed E-state index contributed by atoms with van der Waals surface area (Å²) in [6.45, 7) is 2.23. The van der Waals surface area contributed by atoms with Gasteiger partial charge >= 0.3 is 6.18 Å². The maximum Gasteiger partial charge on any atom is 0.414 e. The summed E-state index contributed by atoms with van der Waals surface area (Å²) in [6, 6.07) is 0. The van der Waals surface area contributed by atoms with Crippen molar-refractivity contribution >= 4 is 5.91 Å². The third-order valence-corrected chi connectivity index (χ3v) is 4.18. The van der Waals surface area contributed by atoms with E-state index in [1.54, 1.807) is 4.90 Å². The predicted octanol–water partition coefficient (Wildman–Crippen LogP) is 0.479. The summed E-state index contributed by atoms with van der Waals surface area (Å²) in [6.07, 6.45) is -7.10. The van der Waals surface area contributed by atoms with Gasteiger partial charge in [-0.3, -0.25) is 4.79 Å². The first-order chi connectivity index (χ1) is 9.79. The molecule has 2 aliphatic rings. The Kier molecular flexibility index (Phi) is 5.11. The number of aliphatic hydroxyl groups excluding tert-OH is 1. The number of carbonyl (C=O) groups excluding carboxylic acids is 1. The first-order valence-corrected chi connectivity index (χ1v) is 7.12. The van der Waals surface area contributed by atoms with Gasteiger partial charge in [-0.15, -0.1) is 0 Å². The van der Waals surface area contributed by atoms with Crippen LogP contribution in [0.2, 0.25) is 0 Å². The monoisotopic (exact) mass is 310 g/mol. The van der Waals surface area contributed by atoms with E-state index in [4.69, 9.17) is 4.74 Å². The highest BCUT2D eigenvalue weighted by Crippen LogP contribution is 2.31. The second kappa shape index (κ2) is 6.50. The highest BCUT2D eigenvalue weighted by atomic mass is 19.4. The molecule has 0 aromatic carbocycles. The number of amides is 1. The SMILES string of the molecule is CN1CCOC(C(=O)N2CCC(C(O)C(F)(F)F)CC2)C1. The minimum Gasteiger partial charge on any atom is -0.383 e. The Morgan fingerprint density at radius 2 is 1.90 bits per heavy atom. The molecule has 0 bridgehead atoms. The first-order valence-electron chi connectivity index (χ1n) is 7.12. The number of ether oxygens (including phenoxy) is 1. The maximum absolute atomic E-state index is 12.5. The third-order valence-electron chi connectivity index (χ3n) is 4.18. The van der Waals surface area contributed by atoms with Crippen LogP contribution in [0.4, 0.5) is 13.2 Å². The molecule has 1 amide bonds. The van der Waals surface area contributed by atoms with Crippen molar-refractivity contribution < 1.29 is 27.8 Å². The van der Waals surface area contributed by atoms with Crippen LogP contribution in [0, 0.1) is 5.92 Å². The fourth-order valence-corrected chi connectivity index (χ4v) is 2.83. The topological polar surface area (TPSA) is 53.0 Å². The van der Waals surface area contributed by atoms with Crippen LogP contribution in [-0.4, -0.2) is 79.0 Å². The zero-order chi connectivity index (χ0) is 15.6. The van der Waals surface area contributed by atoms with Crippen molar-refractivity contribution in [3.63, 3.8) is 0 Å². The lowest BCUT2D eigenvalue weighted by atomic mass is 9.90. The van der Waals surface area contributed by atoms with Gasteiger partial charge in [-0.25, -0.2) is 0 Å². The number of likely N-dealkylation sites (N-methyl/N-ethyl adjacent to an activating group) is 1. The molecule has 2 saturated heterocycles. The number of likely N-dealkylation sites (tertiary alicyclic amines) is 1. The Morgan fingerprint density at radius 1 is 1.29 bits per heavy atom. The summed E-state index contributed by atoms with van der Waals surface area (Å²) in [4.78, 5) is 15.8.